The third kappa shape index (κ3) is 7.87. The Hall–Kier alpha value is -12.3. The Bertz CT molecular complexity index is 4860. The average Bonchev–Trinajstić information content (AvgIpc) is 0.757. The molecule has 12 aromatic rings. The highest BCUT2D eigenvalue weighted by molar-refractivity contribution is 6.41. The Morgan fingerprint density at radius 1 is 0.222 bits per heavy atom. The fourth-order valence-electron chi connectivity index (χ4n) is 13.2. The standard InChI is InChI=1S/C38H24N2O6.C36H22N2O6/c1-45-31-19-17-29-33-25(31)5-3-7-27(33)35(41)39(37(29)43)23-13-9-21(10-14-23)22-11-15-24(16-12-22)40-36(42)28-8-4-6-26-32(46-2)20-18-30(34(26)28)38(40)44;1-43-29-17-13-25-31-21(29)9-5-11-23(31)33(39)37(35(25)41)27-15-16-28(20-8-4-3-7-19(20)27)38-34(40)24-12-6-10-22-30(44-2)18-14-26(32(22)24)36(38)42/h3-20H,1-2H3;3-18H,1-2H3. The lowest BCUT2D eigenvalue weighted by Crippen LogP contribution is -2.41. The Balaban J connectivity index is 0.000000150. The third-order valence-corrected chi connectivity index (χ3v) is 17.3. The molecule has 0 saturated heterocycles. The number of hydrogen-bond acceptors (Lipinski definition) is 12. The molecule has 0 aliphatic carbocycles. The van der Waals surface area contributed by atoms with E-state index in [4.69, 9.17) is 18.9 Å². The van der Waals surface area contributed by atoms with Gasteiger partial charge in [0, 0.05) is 98.4 Å². The molecule has 0 atom stereocenters. The van der Waals surface area contributed by atoms with Gasteiger partial charge in [-0.3, -0.25) is 38.4 Å². The van der Waals surface area contributed by atoms with Crippen molar-refractivity contribution in [3.05, 3.63) is 251 Å². The average molecular weight is 1180 g/mol. The Morgan fingerprint density at radius 3 is 0.711 bits per heavy atom. The third-order valence-electron chi connectivity index (χ3n) is 17.3. The van der Waals surface area contributed by atoms with Crippen molar-refractivity contribution in [2.24, 2.45) is 0 Å². The Labute approximate surface area is 511 Å². The number of imide groups is 4. The summed E-state index contributed by atoms with van der Waals surface area (Å²) in [6.45, 7) is 0. The normalized spacial score (nSPS) is 14.1. The molecule has 8 amide bonds. The van der Waals surface area contributed by atoms with Gasteiger partial charge in [0.1, 0.15) is 23.0 Å². The first-order valence-electron chi connectivity index (χ1n) is 28.5. The number of rotatable bonds is 9. The molecule has 0 bridgehead atoms. The van der Waals surface area contributed by atoms with Crippen LogP contribution in [0.1, 0.15) is 82.9 Å². The molecule has 0 saturated carbocycles. The minimum absolute atomic E-state index is 0.349. The first-order valence-corrected chi connectivity index (χ1v) is 28.5. The van der Waals surface area contributed by atoms with Crippen LogP contribution in [-0.2, 0) is 0 Å². The van der Waals surface area contributed by atoms with Gasteiger partial charge in [-0.05, 0) is 120 Å². The number of carbonyl (C=O) groups is 8. The molecule has 0 unspecified atom stereocenters. The van der Waals surface area contributed by atoms with Crippen LogP contribution in [0.15, 0.2) is 206 Å². The van der Waals surface area contributed by atoms with Gasteiger partial charge in [0.25, 0.3) is 47.3 Å². The molecule has 4 heterocycles. The predicted octanol–water partition coefficient (Wildman–Crippen LogP) is 14.0. The van der Waals surface area contributed by atoms with Gasteiger partial charge in [0.05, 0.1) is 51.2 Å². The summed E-state index contributed by atoms with van der Waals surface area (Å²) in [5.41, 5.74) is 6.52. The fourth-order valence-corrected chi connectivity index (χ4v) is 13.2. The van der Waals surface area contributed by atoms with Gasteiger partial charge in [-0.15, -0.1) is 0 Å². The summed E-state index contributed by atoms with van der Waals surface area (Å²) < 4.78 is 21.9. The maximum atomic E-state index is 14.0. The van der Waals surface area contributed by atoms with Crippen LogP contribution >= 0.6 is 0 Å². The zero-order chi connectivity index (χ0) is 62.0. The van der Waals surface area contributed by atoms with E-state index in [0.717, 1.165) is 20.9 Å². The molecule has 0 aromatic heterocycles. The van der Waals surface area contributed by atoms with Crippen molar-refractivity contribution in [1.82, 2.24) is 0 Å². The molecule has 16 heteroatoms. The Kier molecular flexibility index (Phi) is 12.5. The maximum absolute atomic E-state index is 14.0. The zero-order valence-electron chi connectivity index (χ0n) is 48.3. The van der Waals surface area contributed by atoms with Crippen LogP contribution < -0.4 is 38.5 Å². The van der Waals surface area contributed by atoms with Crippen LogP contribution in [0, 0.1) is 0 Å². The number of hydrogen-bond donors (Lipinski definition) is 0. The van der Waals surface area contributed by atoms with Gasteiger partial charge in [0.2, 0.25) is 0 Å². The first-order chi connectivity index (χ1) is 43.8. The number of anilines is 4. The molecule has 16 rings (SSSR count). The summed E-state index contributed by atoms with van der Waals surface area (Å²) >= 11 is 0. The largest absolute Gasteiger partial charge is 0.496 e. The van der Waals surface area contributed by atoms with Gasteiger partial charge in [-0.1, -0.05) is 97.1 Å². The lowest BCUT2D eigenvalue weighted by atomic mass is 9.91. The highest BCUT2D eigenvalue weighted by Gasteiger charge is 2.40. The molecular weight excluding hydrogens is 1140 g/mol. The molecule has 90 heavy (non-hydrogen) atoms. The van der Waals surface area contributed by atoms with E-state index >= 15 is 0 Å². The number of carbonyl (C=O) groups excluding carboxylic acids is 8. The van der Waals surface area contributed by atoms with Crippen LogP contribution in [0.25, 0.3) is 65.0 Å². The van der Waals surface area contributed by atoms with Gasteiger partial charge in [-0.25, -0.2) is 19.6 Å². The first kappa shape index (κ1) is 54.4. The second-order valence-electron chi connectivity index (χ2n) is 21.7. The molecule has 4 aliphatic rings. The lowest BCUT2D eigenvalue weighted by Gasteiger charge is -2.31. The molecule has 4 aliphatic heterocycles. The molecule has 0 spiro atoms. The number of methoxy groups -OCH3 is 4. The zero-order valence-corrected chi connectivity index (χ0v) is 48.3. The maximum Gasteiger partial charge on any atom is 0.266 e. The summed E-state index contributed by atoms with van der Waals surface area (Å²) in [4.78, 5) is 115. The number of nitrogens with zero attached hydrogens (tertiary/aromatic N) is 4. The summed E-state index contributed by atoms with van der Waals surface area (Å²) in [6, 6.07) is 59.5. The van der Waals surface area contributed by atoms with E-state index in [-0.39, 0.29) is 0 Å². The topological polar surface area (TPSA) is 186 Å². The van der Waals surface area contributed by atoms with Crippen LogP contribution in [0.3, 0.4) is 0 Å². The van der Waals surface area contributed by atoms with Gasteiger partial charge < -0.3 is 18.9 Å². The minimum Gasteiger partial charge on any atom is -0.496 e. The van der Waals surface area contributed by atoms with E-state index < -0.39 is 47.3 Å². The second kappa shape index (κ2) is 20.7. The lowest BCUT2D eigenvalue weighted by molar-refractivity contribution is 0.0877. The summed E-state index contributed by atoms with van der Waals surface area (Å²) in [6.07, 6.45) is 0. The number of amides is 8. The molecule has 0 radical (unpaired) electrons. The molecule has 0 fully saturated rings. The van der Waals surface area contributed by atoms with E-state index in [1.807, 2.05) is 48.5 Å². The number of ether oxygens (including phenoxy) is 4. The van der Waals surface area contributed by atoms with Crippen molar-refractivity contribution in [2.75, 3.05) is 48.0 Å². The van der Waals surface area contributed by atoms with Crippen LogP contribution in [0.2, 0.25) is 0 Å². The van der Waals surface area contributed by atoms with Crippen molar-refractivity contribution < 1.29 is 57.3 Å². The van der Waals surface area contributed by atoms with Gasteiger partial charge in [0.15, 0.2) is 0 Å². The molecule has 0 N–H and O–H groups in total. The van der Waals surface area contributed by atoms with Crippen molar-refractivity contribution in [3.8, 4) is 34.1 Å². The van der Waals surface area contributed by atoms with Crippen LogP contribution in [-0.4, -0.2) is 75.7 Å². The van der Waals surface area contributed by atoms with E-state index in [0.29, 0.717) is 144 Å². The summed E-state index contributed by atoms with van der Waals surface area (Å²) in [5, 5.41) is 6.15. The van der Waals surface area contributed by atoms with E-state index in [1.165, 1.54) is 9.80 Å². The highest BCUT2D eigenvalue weighted by atomic mass is 16.5. The number of benzene rings is 12. The van der Waals surface area contributed by atoms with Crippen LogP contribution in [0.5, 0.6) is 23.0 Å². The predicted molar refractivity (Wildman–Crippen MR) is 342 cm³/mol. The molecule has 434 valence electrons. The minimum atomic E-state index is -0.473. The molecular formula is C74H46N4O12. The quantitative estimate of drug-likeness (QED) is 0.125. The van der Waals surface area contributed by atoms with Crippen molar-refractivity contribution in [2.45, 2.75) is 0 Å². The molecule has 12 aromatic carbocycles. The summed E-state index contributed by atoms with van der Waals surface area (Å²) in [7, 11) is 6.21. The van der Waals surface area contributed by atoms with E-state index in [2.05, 4.69) is 0 Å². The highest BCUT2D eigenvalue weighted by Crippen LogP contribution is 2.45. The number of fused-ring (bicyclic) bond motifs is 1. The monoisotopic (exact) mass is 1180 g/mol. The van der Waals surface area contributed by atoms with Gasteiger partial charge in [-0.2, -0.15) is 0 Å². The van der Waals surface area contributed by atoms with Crippen LogP contribution in [0.4, 0.5) is 22.7 Å². The fraction of sp³-hybridized carbons (Fsp3) is 0.0541. The van der Waals surface area contributed by atoms with E-state index in [9.17, 15) is 38.4 Å². The van der Waals surface area contributed by atoms with Crippen molar-refractivity contribution >= 4 is 124 Å². The Morgan fingerprint density at radius 2 is 0.456 bits per heavy atom. The SMILES string of the molecule is COc1ccc2c3c(cccc13)C(=O)N(c1ccc(-c3ccc(N4C(=O)c5cccc6c(OC)ccc(c56)C4=O)cc3)cc1)C2=O.COc1ccc2c3c(cccc13)C(=O)N(c1ccc(N3C(=O)c4cccc5c(OC)ccc(c45)C3=O)c3ccccc13)C2=O. The second-order valence-corrected chi connectivity index (χ2v) is 21.7. The van der Waals surface area contributed by atoms with Crippen molar-refractivity contribution in [3.63, 3.8) is 0 Å². The van der Waals surface area contributed by atoms with E-state index in [1.54, 1.807) is 186 Å². The summed E-state index contributed by atoms with van der Waals surface area (Å²) in [5.74, 6) is -1.17. The smallest absolute Gasteiger partial charge is 0.266 e. The van der Waals surface area contributed by atoms with Gasteiger partial charge >= 0.3 is 0 Å². The van der Waals surface area contributed by atoms with Crippen molar-refractivity contribution in [1.29, 1.82) is 0 Å². The molecule has 16 nitrogen and oxygen atoms in total.